The summed E-state index contributed by atoms with van der Waals surface area (Å²) in [4.78, 5) is 24.4. The van der Waals surface area contributed by atoms with Crippen LogP contribution < -0.4 is 5.32 Å². The van der Waals surface area contributed by atoms with E-state index in [-0.39, 0.29) is 19.4 Å². The molecule has 0 aromatic rings. The number of hydrogen-bond donors (Lipinski definition) is 2. The minimum Gasteiger partial charge on any atom is -0.385 e. The maximum atomic E-state index is 13.3. The predicted octanol–water partition coefficient (Wildman–Crippen LogP) is 0.686. The van der Waals surface area contributed by atoms with Gasteiger partial charge in [-0.1, -0.05) is 6.58 Å². The third-order valence-corrected chi connectivity index (χ3v) is 3.39. The highest BCUT2D eigenvalue weighted by Gasteiger charge is 2.46. The van der Waals surface area contributed by atoms with E-state index in [0.717, 1.165) is 6.08 Å². The highest BCUT2D eigenvalue weighted by atomic mass is 19.3. The molecule has 0 unspecified atom stereocenters. The highest BCUT2D eigenvalue weighted by Crippen LogP contribution is 2.33. The number of amides is 2. The Morgan fingerprint density at radius 3 is 2.75 bits per heavy atom. The van der Waals surface area contributed by atoms with Crippen LogP contribution >= 0.6 is 0 Å². The Bertz CT molecular complexity index is 388. The van der Waals surface area contributed by atoms with E-state index in [9.17, 15) is 23.5 Å². The zero-order valence-electron chi connectivity index (χ0n) is 11.4. The van der Waals surface area contributed by atoms with E-state index in [1.54, 1.807) is 6.92 Å². The molecule has 1 aliphatic rings. The quantitative estimate of drug-likeness (QED) is 0.732. The summed E-state index contributed by atoms with van der Waals surface area (Å²) in [6, 6.07) is -0.983. The number of aliphatic hydroxyl groups is 1. The molecule has 1 saturated carbocycles. The number of halogens is 2. The first-order valence-electron chi connectivity index (χ1n) is 6.58. The van der Waals surface area contributed by atoms with E-state index in [2.05, 4.69) is 11.9 Å². The van der Waals surface area contributed by atoms with Gasteiger partial charge in [0.15, 0.2) is 0 Å². The molecule has 20 heavy (non-hydrogen) atoms. The van der Waals surface area contributed by atoms with Gasteiger partial charge in [-0.25, -0.2) is 8.78 Å². The molecular weight excluding hydrogens is 270 g/mol. The summed E-state index contributed by atoms with van der Waals surface area (Å²) in [5.74, 6) is -4.15. The topological polar surface area (TPSA) is 69.6 Å². The first-order chi connectivity index (χ1) is 9.31. The summed E-state index contributed by atoms with van der Waals surface area (Å²) in [7, 11) is 0. The van der Waals surface area contributed by atoms with Crippen LogP contribution in [-0.2, 0) is 9.59 Å². The van der Waals surface area contributed by atoms with Gasteiger partial charge in [-0.2, -0.15) is 0 Å². The molecule has 5 nitrogen and oxygen atoms in total. The van der Waals surface area contributed by atoms with E-state index in [1.807, 2.05) is 0 Å². The molecule has 1 rings (SSSR count). The average molecular weight is 290 g/mol. The van der Waals surface area contributed by atoms with Crippen molar-refractivity contribution in [1.29, 1.82) is 0 Å². The number of rotatable bonds is 5. The van der Waals surface area contributed by atoms with Crippen molar-refractivity contribution in [3.63, 3.8) is 0 Å². The second-order valence-corrected chi connectivity index (χ2v) is 4.83. The van der Waals surface area contributed by atoms with E-state index in [4.69, 9.17) is 0 Å². The molecule has 0 spiro atoms. The SMILES string of the molecule is C=CC(=O)N(CC)CC(=O)N[C@@H]1CCCC(F)(F)[C@H]1O. The van der Waals surface area contributed by atoms with Gasteiger partial charge in [-0.3, -0.25) is 9.59 Å². The minimum atomic E-state index is -3.18. The Morgan fingerprint density at radius 1 is 1.55 bits per heavy atom. The third kappa shape index (κ3) is 4.00. The summed E-state index contributed by atoms with van der Waals surface area (Å²) in [6.45, 7) is 5.08. The fourth-order valence-corrected chi connectivity index (χ4v) is 2.21. The lowest BCUT2D eigenvalue weighted by atomic mass is 9.89. The van der Waals surface area contributed by atoms with Crippen molar-refractivity contribution in [3.8, 4) is 0 Å². The van der Waals surface area contributed by atoms with Gasteiger partial charge in [-0.05, 0) is 25.8 Å². The molecular formula is C13H20F2N2O3. The average Bonchev–Trinajstić information content (AvgIpc) is 2.40. The summed E-state index contributed by atoms with van der Waals surface area (Å²) in [6.07, 6.45) is -0.649. The van der Waals surface area contributed by atoms with Crippen LogP contribution in [0, 0.1) is 0 Å². The lowest BCUT2D eigenvalue weighted by Gasteiger charge is -2.35. The number of carbonyl (C=O) groups excluding carboxylic acids is 2. The Morgan fingerprint density at radius 2 is 2.20 bits per heavy atom. The largest absolute Gasteiger partial charge is 0.385 e. The van der Waals surface area contributed by atoms with Crippen LogP contribution in [0.3, 0.4) is 0 Å². The number of aliphatic hydroxyl groups excluding tert-OH is 1. The van der Waals surface area contributed by atoms with Crippen molar-refractivity contribution in [2.45, 2.75) is 44.3 Å². The molecule has 2 amide bonds. The van der Waals surface area contributed by atoms with E-state index < -0.39 is 29.9 Å². The number of alkyl halides is 2. The fourth-order valence-electron chi connectivity index (χ4n) is 2.21. The Balaban J connectivity index is 2.57. The maximum Gasteiger partial charge on any atom is 0.275 e. The van der Waals surface area contributed by atoms with Gasteiger partial charge in [0.05, 0.1) is 12.6 Å². The second-order valence-electron chi connectivity index (χ2n) is 4.83. The predicted molar refractivity (Wildman–Crippen MR) is 69.2 cm³/mol. The van der Waals surface area contributed by atoms with Crippen LogP contribution in [0.2, 0.25) is 0 Å². The molecule has 0 aliphatic heterocycles. The van der Waals surface area contributed by atoms with Crippen molar-refractivity contribution in [1.82, 2.24) is 10.2 Å². The normalized spacial score (nSPS) is 24.8. The zero-order chi connectivity index (χ0) is 15.3. The molecule has 0 saturated heterocycles. The van der Waals surface area contributed by atoms with Gasteiger partial charge in [-0.15, -0.1) is 0 Å². The van der Waals surface area contributed by atoms with Crippen LogP contribution in [0.4, 0.5) is 8.78 Å². The molecule has 0 radical (unpaired) electrons. The van der Waals surface area contributed by atoms with Crippen LogP contribution in [0.25, 0.3) is 0 Å². The molecule has 1 aliphatic carbocycles. The van der Waals surface area contributed by atoms with Gasteiger partial charge in [0.2, 0.25) is 11.8 Å². The summed E-state index contributed by atoms with van der Waals surface area (Å²) in [5.41, 5.74) is 0. The molecule has 2 atom stereocenters. The number of nitrogens with one attached hydrogen (secondary N) is 1. The number of carbonyl (C=O) groups is 2. The number of hydrogen-bond acceptors (Lipinski definition) is 3. The minimum absolute atomic E-state index is 0.234. The Labute approximate surface area is 116 Å². The monoisotopic (exact) mass is 290 g/mol. The lowest BCUT2D eigenvalue weighted by Crippen LogP contribution is -2.55. The molecule has 0 aromatic carbocycles. The molecule has 2 N–H and O–H groups in total. The van der Waals surface area contributed by atoms with Gasteiger partial charge in [0.25, 0.3) is 5.92 Å². The lowest BCUT2D eigenvalue weighted by molar-refractivity contribution is -0.150. The molecule has 0 aromatic heterocycles. The van der Waals surface area contributed by atoms with Gasteiger partial charge in [0, 0.05) is 13.0 Å². The standard InChI is InChI=1S/C13H20F2N2O3/c1-3-11(19)17(4-2)8-10(18)16-9-6-5-7-13(14,15)12(9)20/h3,9,12,20H,1,4-8H2,2H3,(H,16,18)/t9-,12+/m1/s1. The van der Waals surface area contributed by atoms with Crippen LogP contribution in [0.5, 0.6) is 0 Å². The maximum absolute atomic E-state index is 13.3. The van der Waals surface area contributed by atoms with E-state index in [0.29, 0.717) is 13.0 Å². The summed E-state index contributed by atoms with van der Waals surface area (Å²) < 4.78 is 26.7. The van der Waals surface area contributed by atoms with Crippen molar-refractivity contribution < 1.29 is 23.5 Å². The smallest absolute Gasteiger partial charge is 0.275 e. The van der Waals surface area contributed by atoms with Crippen molar-refractivity contribution >= 4 is 11.8 Å². The number of likely N-dealkylation sites (N-methyl/N-ethyl adjacent to an activating group) is 1. The van der Waals surface area contributed by atoms with Crippen LogP contribution in [0.15, 0.2) is 12.7 Å². The molecule has 1 fully saturated rings. The summed E-state index contributed by atoms with van der Waals surface area (Å²) >= 11 is 0. The van der Waals surface area contributed by atoms with Crippen LogP contribution in [-0.4, -0.2) is 53.0 Å². The Kier molecular flexibility index (Phi) is 5.62. The second kappa shape index (κ2) is 6.78. The van der Waals surface area contributed by atoms with Gasteiger partial charge < -0.3 is 15.3 Å². The van der Waals surface area contributed by atoms with E-state index >= 15 is 0 Å². The first kappa shape index (κ1) is 16.6. The zero-order valence-corrected chi connectivity index (χ0v) is 11.4. The number of nitrogens with zero attached hydrogens (tertiary/aromatic N) is 1. The van der Waals surface area contributed by atoms with E-state index in [1.165, 1.54) is 4.90 Å². The Hall–Kier alpha value is -1.50. The van der Waals surface area contributed by atoms with Crippen LogP contribution in [0.1, 0.15) is 26.2 Å². The van der Waals surface area contributed by atoms with Crippen molar-refractivity contribution in [2.75, 3.05) is 13.1 Å². The molecule has 0 heterocycles. The molecule has 0 bridgehead atoms. The third-order valence-electron chi connectivity index (χ3n) is 3.39. The molecule has 114 valence electrons. The fraction of sp³-hybridized carbons (Fsp3) is 0.692. The van der Waals surface area contributed by atoms with Crippen molar-refractivity contribution in [2.24, 2.45) is 0 Å². The van der Waals surface area contributed by atoms with Gasteiger partial charge >= 0.3 is 0 Å². The molecule has 7 heteroatoms. The first-order valence-corrected chi connectivity index (χ1v) is 6.58. The summed E-state index contributed by atoms with van der Waals surface area (Å²) in [5, 5.41) is 11.9. The van der Waals surface area contributed by atoms with Crippen molar-refractivity contribution in [3.05, 3.63) is 12.7 Å². The highest BCUT2D eigenvalue weighted by molar-refractivity contribution is 5.90. The van der Waals surface area contributed by atoms with Gasteiger partial charge in [0.1, 0.15) is 6.10 Å².